The largest absolute Gasteiger partial charge is 0.481 e. The molecule has 3 heteroatoms. The molecule has 2 rings (SSSR count). The van der Waals surface area contributed by atoms with Crippen LogP contribution in [0.25, 0.3) is 0 Å². The fraction of sp³-hybridized carbons (Fsp3) is 0.700. The van der Waals surface area contributed by atoms with Crippen molar-refractivity contribution < 1.29 is 14.6 Å². The minimum absolute atomic E-state index is 0.141. The van der Waals surface area contributed by atoms with Crippen molar-refractivity contribution in [3.05, 3.63) is 11.6 Å². The van der Waals surface area contributed by atoms with E-state index in [1.165, 1.54) is 12.0 Å². The minimum Gasteiger partial charge on any atom is -0.481 e. The molecule has 1 saturated heterocycles. The lowest BCUT2D eigenvalue weighted by atomic mass is 9.88. The smallest absolute Gasteiger partial charge is 0.304 e. The Morgan fingerprint density at radius 2 is 2.54 bits per heavy atom. The molecule has 0 aromatic rings. The second-order valence-electron chi connectivity index (χ2n) is 3.75. The van der Waals surface area contributed by atoms with Crippen molar-refractivity contribution >= 4 is 5.97 Å². The summed E-state index contributed by atoms with van der Waals surface area (Å²) < 4.78 is 5.54. The van der Waals surface area contributed by atoms with Crippen LogP contribution in [0.3, 0.4) is 0 Å². The van der Waals surface area contributed by atoms with Gasteiger partial charge in [-0.25, -0.2) is 0 Å². The van der Waals surface area contributed by atoms with E-state index in [1.807, 2.05) is 0 Å². The van der Waals surface area contributed by atoms with Crippen LogP contribution in [-0.4, -0.2) is 23.8 Å². The molecule has 0 amide bonds. The summed E-state index contributed by atoms with van der Waals surface area (Å²) >= 11 is 0. The van der Waals surface area contributed by atoms with E-state index in [4.69, 9.17) is 9.84 Å². The van der Waals surface area contributed by atoms with Crippen LogP contribution in [0.2, 0.25) is 0 Å². The lowest BCUT2D eigenvalue weighted by molar-refractivity contribution is -0.137. The monoisotopic (exact) mass is 182 g/mol. The van der Waals surface area contributed by atoms with Gasteiger partial charge in [0.25, 0.3) is 0 Å². The Morgan fingerprint density at radius 1 is 1.69 bits per heavy atom. The van der Waals surface area contributed by atoms with Crippen LogP contribution in [0.4, 0.5) is 0 Å². The number of carbonyl (C=O) groups is 1. The van der Waals surface area contributed by atoms with E-state index >= 15 is 0 Å². The molecule has 0 aromatic carbocycles. The SMILES string of the molecule is O=C(O)C[C@H]1CO[C@@H]2CCCC=C12. The van der Waals surface area contributed by atoms with Crippen LogP contribution in [0.15, 0.2) is 11.6 Å². The van der Waals surface area contributed by atoms with Crippen LogP contribution < -0.4 is 0 Å². The molecule has 1 fully saturated rings. The molecule has 13 heavy (non-hydrogen) atoms. The maximum absolute atomic E-state index is 10.5. The normalized spacial score (nSPS) is 32.5. The Labute approximate surface area is 77.4 Å². The van der Waals surface area contributed by atoms with E-state index < -0.39 is 5.97 Å². The van der Waals surface area contributed by atoms with Gasteiger partial charge in [0.2, 0.25) is 0 Å². The molecule has 1 N–H and O–H groups in total. The molecule has 0 aromatic heterocycles. The van der Waals surface area contributed by atoms with E-state index in [2.05, 4.69) is 6.08 Å². The molecule has 1 aliphatic heterocycles. The fourth-order valence-electron chi connectivity index (χ4n) is 2.20. The summed E-state index contributed by atoms with van der Waals surface area (Å²) in [6.45, 7) is 0.600. The molecular weight excluding hydrogens is 168 g/mol. The number of hydrogen-bond donors (Lipinski definition) is 1. The number of allylic oxidation sites excluding steroid dienone is 1. The second-order valence-corrected chi connectivity index (χ2v) is 3.75. The maximum Gasteiger partial charge on any atom is 0.304 e. The van der Waals surface area contributed by atoms with E-state index in [0.717, 1.165) is 12.8 Å². The summed E-state index contributed by atoms with van der Waals surface area (Å²) in [6, 6.07) is 0. The van der Waals surface area contributed by atoms with Gasteiger partial charge in [0.1, 0.15) is 0 Å². The van der Waals surface area contributed by atoms with Gasteiger partial charge in [0.05, 0.1) is 19.1 Å². The summed E-state index contributed by atoms with van der Waals surface area (Å²) in [7, 11) is 0. The molecule has 3 nitrogen and oxygen atoms in total. The number of carboxylic acid groups (broad SMARTS) is 1. The Kier molecular flexibility index (Phi) is 2.36. The maximum atomic E-state index is 10.5. The number of hydrogen-bond acceptors (Lipinski definition) is 2. The molecule has 0 radical (unpaired) electrons. The Hall–Kier alpha value is -0.830. The van der Waals surface area contributed by atoms with E-state index in [0.29, 0.717) is 6.61 Å². The Morgan fingerprint density at radius 3 is 3.31 bits per heavy atom. The first-order chi connectivity index (χ1) is 6.27. The zero-order valence-electron chi connectivity index (χ0n) is 7.53. The summed E-state index contributed by atoms with van der Waals surface area (Å²) in [6.07, 6.45) is 5.97. The summed E-state index contributed by atoms with van der Waals surface area (Å²) in [4.78, 5) is 10.5. The fourth-order valence-corrected chi connectivity index (χ4v) is 2.20. The lowest BCUT2D eigenvalue weighted by Gasteiger charge is -2.17. The molecule has 2 atom stereocenters. The number of fused-ring (bicyclic) bond motifs is 1. The van der Waals surface area contributed by atoms with Gasteiger partial charge in [-0.1, -0.05) is 6.08 Å². The van der Waals surface area contributed by atoms with Crippen molar-refractivity contribution in [1.82, 2.24) is 0 Å². The van der Waals surface area contributed by atoms with Gasteiger partial charge in [-0.2, -0.15) is 0 Å². The van der Waals surface area contributed by atoms with Gasteiger partial charge in [-0.05, 0) is 24.8 Å². The average Bonchev–Trinajstić information content (AvgIpc) is 2.48. The van der Waals surface area contributed by atoms with Crippen molar-refractivity contribution in [2.24, 2.45) is 5.92 Å². The van der Waals surface area contributed by atoms with E-state index in [1.54, 1.807) is 0 Å². The molecule has 2 aliphatic rings. The highest BCUT2D eigenvalue weighted by atomic mass is 16.5. The zero-order valence-corrected chi connectivity index (χ0v) is 7.53. The number of carboxylic acids is 1. The topological polar surface area (TPSA) is 46.5 Å². The molecule has 0 bridgehead atoms. The zero-order chi connectivity index (χ0) is 9.26. The molecule has 0 saturated carbocycles. The van der Waals surface area contributed by atoms with Gasteiger partial charge >= 0.3 is 5.97 Å². The quantitative estimate of drug-likeness (QED) is 0.659. The highest BCUT2D eigenvalue weighted by molar-refractivity contribution is 5.67. The minimum atomic E-state index is -0.722. The van der Waals surface area contributed by atoms with Gasteiger partial charge in [0, 0.05) is 5.92 Å². The van der Waals surface area contributed by atoms with Crippen LogP contribution in [0, 0.1) is 5.92 Å². The summed E-state index contributed by atoms with van der Waals surface area (Å²) in [5.74, 6) is -0.580. The lowest BCUT2D eigenvalue weighted by Crippen LogP contribution is -2.14. The van der Waals surface area contributed by atoms with Crippen molar-refractivity contribution in [3.63, 3.8) is 0 Å². The van der Waals surface area contributed by atoms with Crippen LogP contribution in [-0.2, 0) is 9.53 Å². The number of aliphatic carboxylic acids is 1. The standard InChI is InChI=1S/C10H14O3/c11-10(12)5-7-6-13-9-4-2-1-3-8(7)9/h3,7,9H,1-2,4-6H2,(H,11,12)/t7-,9+/m0/s1. The van der Waals surface area contributed by atoms with Crippen LogP contribution in [0.5, 0.6) is 0 Å². The second kappa shape index (κ2) is 3.50. The predicted molar refractivity (Wildman–Crippen MR) is 47.4 cm³/mol. The third-order valence-corrected chi connectivity index (χ3v) is 2.81. The van der Waals surface area contributed by atoms with Crippen LogP contribution >= 0.6 is 0 Å². The third kappa shape index (κ3) is 1.75. The van der Waals surface area contributed by atoms with Gasteiger partial charge in [-0.3, -0.25) is 4.79 Å². The average molecular weight is 182 g/mol. The first kappa shape index (κ1) is 8.75. The molecule has 0 unspecified atom stereocenters. The first-order valence-electron chi connectivity index (χ1n) is 4.80. The van der Waals surface area contributed by atoms with Crippen molar-refractivity contribution in [2.75, 3.05) is 6.61 Å². The summed E-state index contributed by atoms with van der Waals surface area (Å²) in [5.41, 5.74) is 1.24. The van der Waals surface area contributed by atoms with Crippen LogP contribution in [0.1, 0.15) is 25.7 Å². The van der Waals surface area contributed by atoms with E-state index in [9.17, 15) is 4.79 Å². The Bertz CT molecular complexity index is 245. The molecule has 0 spiro atoms. The molecule has 1 heterocycles. The molecule has 72 valence electrons. The number of rotatable bonds is 2. The highest BCUT2D eigenvalue weighted by Gasteiger charge is 2.33. The third-order valence-electron chi connectivity index (χ3n) is 2.81. The highest BCUT2D eigenvalue weighted by Crippen LogP contribution is 2.35. The van der Waals surface area contributed by atoms with Gasteiger partial charge < -0.3 is 9.84 Å². The summed E-state index contributed by atoms with van der Waals surface area (Å²) in [5, 5.41) is 8.68. The molecule has 1 aliphatic carbocycles. The number of ether oxygens (including phenoxy) is 1. The van der Waals surface area contributed by atoms with Gasteiger partial charge in [-0.15, -0.1) is 0 Å². The van der Waals surface area contributed by atoms with Crippen molar-refractivity contribution in [2.45, 2.75) is 31.8 Å². The van der Waals surface area contributed by atoms with Crippen molar-refractivity contribution in [1.29, 1.82) is 0 Å². The Balaban J connectivity index is 2.06. The van der Waals surface area contributed by atoms with E-state index in [-0.39, 0.29) is 18.4 Å². The first-order valence-corrected chi connectivity index (χ1v) is 4.80. The molecular formula is C10H14O3. The van der Waals surface area contributed by atoms with Crippen molar-refractivity contribution in [3.8, 4) is 0 Å². The predicted octanol–water partition coefficient (Wildman–Crippen LogP) is 1.59. The van der Waals surface area contributed by atoms with Gasteiger partial charge in [0.15, 0.2) is 0 Å².